The number of thiophene rings is 1. The van der Waals surface area contributed by atoms with E-state index in [1.807, 2.05) is 84.9 Å². The number of carbonyl (C=O) groups is 3. The molecule has 2 amide bonds. The van der Waals surface area contributed by atoms with Gasteiger partial charge in [-0.3, -0.25) is 14.5 Å². The Morgan fingerprint density at radius 3 is 2.50 bits per heavy atom. The van der Waals surface area contributed by atoms with Crippen LogP contribution in [0.25, 0.3) is 10.8 Å². The molecule has 1 aliphatic rings. The first kappa shape index (κ1) is 29.6. The lowest BCUT2D eigenvalue weighted by atomic mass is 10.0. The molecule has 2 heterocycles. The van der Waals surface area contributed by atoms with E-state index in [1.165, 1.54) is 35.8 Å². The van der Waals surface area contributed by atoms with Crippen LogP contribution in [0.2, 0.25) is 0 Å². The third-order valence-corrected chi connectivity index (χ3v) is 9.63. The second-order valence-electron chi connectivity index (χ2n) is 10.5. The maximum atomic E-state index is 13.1. The summed E-state index contributed by atoms with van der Waals surface area (Å²) in [5.74, 6) is -0.705. The summed E-state index contributed by atoms with van der Waals surface area (Å²) in [5.41, 5.74) is 3.88. The van der Waals surface area contributed by atoms with Gasteiger partial charge in [0, 0.05) is 40.7 Å². The number of thioether (sulfide) groups is 1. The molecule has 4 aromatic carbocycles. The first-order chi connectivity index (χ1) is 21.5. The van der Waals surface area contributed by atoms with Crippen LogP contribution < -0.4 is 10.6 Å². The zero-order valence-corrected chi connectivity index (χ0v) is 25.8. The summed E-state index contributed by atoms with van der Waals surface area (Å²) < 4.78 is 5.10. The molecule has 9 heteroatoms. The van der Waals surface area contributed by atoms with Crippen LogP contribution in [-0.2, 0) is 29.0 Å². The van der Waals surface area contributed by atoms with Crippen LogP contribution in [0.15, 0.2) is 102 Å². The zero-order valence-electron chi connectivity index (χ0n) is 24.2. The number of nitrogens with zero attached hydrogens (tertiary/aromatic N) is 1. The summed E-state index contributed by atoms with van der Waals surface area (Å²) in [4.78, 5) is 43.0. The third-order valence-electron chi connectivity index (χ3n) is 7.50. The number of amides is 2. The van der Waals surface area contributed by atoms with Crippen LogP contribution in [-0.4, -0.2) is 42.1 Å². The number of fused-ring (bicyclic) bond motifs is 2. The summed E-state index contributed by atoms with van der Waals surface area (Å²) in [6, 6.07) is 31.3. The fourth-order valence-electron chi connectivity index (χ4n) is 5.35. The second-order valence-corrected chi connectivity index (χ2v) is 12.7. The van der Waals surface area contributed by atoms with Gasteiger partial charge in [0.25, 0.3) is 5.91 Å². The van der Waals surface area contributed by atoms with Crippen LogP contribution in [0.3, 0.4) is 0 Å². The van der Waals surface area contributed by atoms with Crippen molar-refractivity contribution in [2.45, 2.75) is 24.4 Å². The summed E-state index contributed by atoms with van der Waals surface area (Å²) in [5, 5.41) is 8.54. The van der Waals surface area contributed by atoms with Gasteiger partial charge in [-0.1, -0.05) is 66.7 Å². The second kappa shape index (κ2) is 13.5. The molecule has 0 saturated carbocycles. The molecular formula is C35H31N3O4S2. The molecule has 5 aromatic rings. The Labute approximate surface area is 264 Å². The number of ether oxygens (including phenoxy) is 1. The van der Waals surface area contributed by atoms with E-state index in [4.69, 9.17) is 4.74 Å². The Bertz CT molecular complexity index is 1840. The molecule has 0 unspecified atom stereocenters. The number of esters is 1. The predicted molar refractivity (Wildman–Crippen MR) is 178 cm³/mol. The van der Waals surface area contributed by atoms with Crippen molar-refractivity contribution in [2.24, 2.45) is 0 Å². The highest BCUT2D eigenvalue weighted by molar-refractivity contribution is 8.00. The minimum absolute atomic E-state index is 0.144. The maximum Gasteiger partial charge on any atom is 0.341 e. The van der Waals surface area contributed by atoms with E-state index < -0.39 is 5.97 Å². The standard InChI is InChI=1S/C35H31N3O4S2/c1-42-35(41)32-29-16-17-38(20-23-8-3-2-4-9-23)21-30(29)44-34(32)37-31(39)22-43-28-13-7-12-27(19-28)36-33(40)26-15-14-24-10-5-6-11-25(24)18-26/h2-15,18-19H,16-17,20-22H2,1H3,(H,36,40)(H,37,39). The Morgan fingerprint density at radius 2 is 1.68 bits per heavy atom. The van der Waals surface area contributed by atoms with Gasteiger partial charge in [0.15, 0.2) is 0 Å². The van der Waals surface area contributed by atoms with Gasteiger partial charge in [0.05, 0.1) is 18.4 Å². The average molecular weight is 622 g/mol. The minimum Gasteiger partial charge on any atom is -0.465 e. The summed E-state index contributed by atoms with van der Waals surface area (Å²) >= 11 is 2.81. The van der Waals surface area contributed by atoms with Crippen molar-refractivity contribution in [1.29, 1.82) is 0 Å². The van der Waals surface area contributed by atoms with Gasteiger partial charge in [-0.2, -0.15) is 0 Å². The average Bonchev–Trinajstić information content (AvgIpc) is 3.40. The Hall–Kier alpha value is -4.44. The molecule has 0 bridgehead atoms. The topological polar surface area (TPSA) is 87.7 Å². The maximum absolute atomic E-state index is 13.1. The van der Waals surface area contributed by atoms with Gasteiger partial charge in [0.2, 0.25) is 5.91 Å². The Kier molecular flexibility index (Phi) is 9.07. The number of methoxy groups -OCH3 is 1. The van der Waals surface area contributed by atoms with Crippen molar-refractivity contribution >= 4 is 62.3 Å². The Balaban J connectivity index is 1.09. The lowest BCUT2D eigenvalue weighted by molar-refractivity contribution is -0.113. The molecular weight excluding hydrogens is 591 g/mol. The van der Waals surface area contributed by atoms with E-state index in [9.17, 15) is 14.4 Å². The number of benzene rings is 4. The summed E-state index contributed by atoms with van der Waals surface area (Å²) in [6.45, 7) is 2.35. The molecule has 1 aromatic heterocycles. The number of hydrogen-bond donors (Lipinski definition) is 2. The van der Waals surface area contributed by atoms with Crippen LogP contribution in [0.1, 0.15) is 36.7 Å². The molecule has 0 fully saturated rings. The number of nitrogens with one attached hydrogen (secondary N) is 2. The Morgan fingerprint density at radius 1 is 0.886 bits per heavy atom. The van der Waals surface area contributed by atoms with Gasteiger partial charge >= 0.3 is 5.97 Å². The van der Waals surface area contributed by atoms with E-state index in [2.05, 4.69) is 27.7 Å². The fourth-order valence-corrected chi connectivity index (χ4v) is 7.40. The fraction of sp³-hybridized carbons (Fsp3) is 0.171. The van der Waals surface area contributed by atoms with E-state index >= 15 is 0 Å². The molecule has 7 nitrogen and oxygen atoms in total. The van der Waals surface area contributed by atoms with Gasteiger partial charge < -0.3 is 15.4 Å². The largest absolute Gasteiger partial charge is 0.465 e. The highest BCUT2D eigenvalue weighted by Gasteiger charge is 2.29. The van der Waals surface area contributed by atoms with Crippen molar-refractivity contribution in [2.75, 3.05) is 30.0 Å². The number of anilines is 2. The van der Waals surface area contributed by atoms with Gasteiger partial charge in [-0.15, -0.1) is 23.1 Å². The number of hydrogen-bond acceptors (Lipinski definition) is 7. The molecule has 0 saturated heterocycles. The van der Waals surface area contributed by atoms with E-state index in [0.29, 0.717) is 34.8 Å². The molecule has 0 radical (unpaired) electrons. The normalized spacial score (nSPS) is 12.8. The summed E-state index contributed by atoms with van der Waals surface area (Å²) in [6.07, 6.45) is 0.714. The molecule has 0 spiro atoms. The lowest BCUT2D eigenvalue weighted by Crippen LogP contribution is -2.29. The van der Waals surface area contributed by atoms with Crippen LogP contribution in [0.5, 0.6) is 0 Å². The van der Waals surface area contributed by atoms with Crippen molar-refractivity contribution in [3.63, 3.8) is 0 Å². The quantitative estimate of drug-likeness (QED) is 0.133. The van der Waals surface area contributed by atoms with Gasteiger partial charge in [-0.25, -0.2) is 4.79 Å². The molecule has 0 aliphatic carbocycles. The van der Waals surface area contributed by atoms with Crippen LogP contribution in [0, 0.1) is 0 Å². The molecule has 44 heavy (non-hydrogen) atoms. The van der Waals surface area contributed by atoms with Crippen LogP contribution in [0.4, 0.5) is 10.7 Å². The first-order valence-corrected chi connectivity index (χ1v) is 16.1. The van der Waals surface area contributed by atoms with E-state index in [1.54, 1.807) is 0 Å². The monoisotopic (exact) mass is 621 g/mol. The van der Waals surface area contributed by atoms with Crippen LogP contribution >= 0.6 is 23.1 Å². The molecule has 222 valence electrons. The SMILES string of the molecule is COC(=O)c1c(NC(=O)CSc2cccc(NC(=O)c3ccc4ccccc4c3)c2)sc2c1CCN(Cc1ccccc1)C2. The van der Waals surface area contributed by atoms with E-state index in [-0.39, 0.29) is 17.6 Å². The van der Waals surface area contributed by atoms with Crippen molar-refractivity contribution in [1.82, 2.24) is 4.90 Å². The zero-order chi connectivity index (χ0) is 30.5. The van der Waals surface area contributed by atoms with Crippen molar-refractivity contribution in [3.8, 4) is 0 Å². The number of rotatable bonds is 9. The van der Waals surface area contributed by atoms with Crippen molar-refractivity contribution < 1.29 is 19.1 Å². The van der Waals surface area contributed by atoms with Gasteiger partial charge in [0.1, 0.15) is 5.00 Å². The number of carbonyl (C=O) groups excluding carboxylic acids is 3. The highest BCUT2D eigenvalue weighted by atomic mass is 32.2. The third kappa shape index (κ3) is 6.86. The minimum atomic E-state index is -0.434. The van der Waals surface area contributed by atoms with Crippen molar-refractivity contribution in [3.05, 3.63) is 124 Å². The highest BCUT2D eigenvalue weighted by Crippen LogP contribution is 2.38. The first-order valence-electron chi connectivity index (χ1n) is 14.3. The molecule has 2 N–H and O–H groups in total. The summed E-state index contributed by atoms with van der Waals surface area (Å²) in [7, 11) is 1.37. The molecule has 0 atom stereocenters. The molecule has 6 rings (SSSR count). The smallest absolute Gasteiger partial charge is 0.341 e. The molecule has 1 aliphatic heterocycles. The predicted octanol–water partition coefficient (Wildman–Crippen LogP) is 7.23. The van der Waals surface area contributed by atoms with Gasteiger partial charge in [-0.05, 0) is 58.7 Å². The van der Waals surface area contributed by atoms with E-state index in [0.717, 1.165) is 39.2 Å². The lowest BCUT2D eigenvalue weighted by Gasteiger charge is -2.27.